The van der Waals surface area contributed by atoms with Crippen molar-refractivity contribution < 1.29 is 0 Å². The van der Waals surface area contributed by atoms with E-state index in [4.69, 9.17) is 9.97 Å². The van der Waals surface area contributed by atoms with Crippen molar-refractivity contribution in [2.24, 2.45) is 0 Å². The average molecular weight is 442 g/mol. The molecule has 0 atom stereocenters. The standard InChI is InChI=1S/C26H18N8/c1-14(2)23-32-25-21(24-30-17-6-4-5-7-20(17)34(23)24)22-26(31-19(13-28)18(12-27)29-22)33(25)16-10-8-15(3)9-11-16/h4-11,14H,1-3H3. The van der Waals surface area contributed by atoms with Crippen molar-refractivity contribution in [1.82, 2.24) is 28.9 Å². The van der Waals surface area contributed by atoms with Gasteiger partial charge in [-0.15, -0.1) is 0 Å². The minimum atomic E-state index is -0.0141. The van der Waals surface area contributed by atoms with Crippen LogP contribution in [0.3, 0.4) is 0 Å². The van der Waals surface area contributed by atoms with Crippen LogP contribution < -0.4 is 0 Å². The number of nitriles is 2. The zero-order chi connectivity index (χ0) is 23.6. The van der Waals surface area contributed by atoms with Gasteiger partial charge in [0.25, 0.3) is 0 Å². The van der Waals surface area contributed by atoms with Crippen molar-refractivity contribution in [2.75, 3.05) is 0 Å². The van der Waals surface area contributed by atoms with Gasteiger partial charge in [-0.25, -0.2) is 19.9 Å². The summed E-state index contributed by atoms with van der Waals surface area (Å²) in [7, 11) is 0. The van der Waals surface area contributed by atoms with Gasteiger partial charge < -0.3 is 0 Å². The predicted molar refractivity (Wildman–Crippen MR) is 129 cm³/mol. The van der Waals surface area contributed by atoms with Crippen LogP contribution in [-0.2, 0) is 0 Å². The smallest absolute Gasteiger partial charge is 0.179 e. The van der Waals surface area contributed by atoms with Crippen molar-refractivity contribution in [3.8, 4) is 17.8 Å². The molecule has 6 aromatic rings. The van der Waals surface area contributed by atoms with Crippen LogP contribution in [0.2, 0.25) is 0 Å². The number of para-hydroxylation sites is 2. The fourth-order valence-corrected chi connectivity index (χ4v) is 4.45. The molecule has 4 aromatic heterocycles. The molecule has 34 heavy (non-hydrogen) atoms. The molecule has 0 radical (unpaired) electrons. The second kappa shape index (κ2) is 7.09. The maximum Gasteiger partial charge on any atom is 0.179 e. The second-order valence-electron chi connectivity index (χ2n) is 8.57. The number of aryl methyl sites for hydroxylation is 1. The second-order valence-corrected chi connectivity index (χ2v) is 8.57. The molecule has 0 amide bonds. The summed E-state index contributed by atoms with van der Waals surface area (Å²) in [6, 6.07) is 20.0. The molecule has 0 saturated carbocycles. The Hall–Kier alpha value is -4.82. The van der Waals surface area contributed by atoms with E-state index in [9.17, 15) is 10.5 Å². The largest absolute Gasteiger partial charge is 0.279 e. The molecule has 8 nitrogen and oxygen atoms in total. The van der Waals surface area contributed by atoms with Crippen molar-refractivity contribution in [3.63, 3.8) is 0 Å². The third-order valence-corrected chi connectivity index (χ3v) is 6.02. The number of fused-ring (bicyclic) bond motifs is 7. The fourth-order valence-electron chi connectivity index (χ4n) is 4.45. The van der Waals surface area contributed by atoms with Gasteiger partial charge in [-0.2, -0.15) is 10.5 Å². The van der Waals surface area contributed by atoms with Crippen molar-refractivity contribution >= 4 is 38.9 Å². The van der Waals surface area contributed by atoms with E-state index >= 15 is 0 Å². The van der Waals surface area contributed by atoms with Gasteiger partial charge in [0.15, 0.2) is 28.3 Å². The van der Waals surface area contributed by atoms with E-state index in [0.29, 0.717) is 27.8 Å². The van der Waals surface area contributed by atoms with Gasteiger partial charge in [0.05, 0.1) is 16.4 Å². The minimum absolute atomic E-state index is 0.0137. The predicted octanol–water partition coefficient (Wildman–Crippen LogP) is 4.94. The lowest BCUT2D eigenvalue weighted by Gasteiger charge is -2.12. The van der Waals surface area contributed by atoms with Gasteiger partial charge >= 0.3 is 0 Å². The lowest BCUT2D eigenvalue weighted by molar-refractivity contribution is 0.765. The molecular formula is C26H18N8. The zero-order valence-electron chi connectivity index (χ0n) is 18.8. The first-order valence-corrected chi connectivity index (χ1v) is 10.9. The Balaban J connectivity index is 1.92. The summed E-state index contributed by atoms with van der Waals surface area (Å²) in [5.74, 6) is 0.965. The van der Waals surface area contributed by atoms with Crippen LogP contribution in [0.1, 0.15) is 42.5 Å². The molecular weight excluding hydrogens is 424 g/mol. The molecule has 0 fully saturated rings. The summed E-state index contributed by atoms with van der Waals surface area (Å²) >= 11 is 0. The fraction of sp³-hybridized carbons (Fsp3) is 0.154. The molecule has 0 bridgehead atoms. The number of imidazole rings is 1. The lowest BCUT2D eigenvalue weighted by Crippen LogP contribution is -2.06. The molecule has 6 rings (SSSR count). The van der Waals surface area contributed by atoms with Gasteiger partial charge in [0.1, 0.15) is 23.5 Å². The molecule has 2 aromatic carbocycles. The monoisotopic (exact) mass is 442 g/mol. The lowest BCUT2D eigenvalue weighted by atomic mass is 10.2. The van der Waals surface area contributed by atoms with E-state index in [1.807, 2.05) is 72.2 Å². The molecule has 0 aliphatic heterocycles. The molecule has 8 heteroatoms. The maximum atomic E-state index is 9.63. The van der Waals surface area contributed by atoms with Crippen LogP contribution in [0, 0.1) is 29.6 Å². The van der Waals surface area contributed by atoms with Gasteiger partial charge in [0.2, 0.25) is 0 Å². The normalized spacial score (nSPS) is 11.6. The molecule has 0 aliphatic rings. The Morgan fingerprint density at radius 2 is 1.50 bits per heavy atom. The van der Waals surface area contributed by atoms with Crippen LogP contribution in [-0.4, -0.2) is 28.9 Å². The number of rotatable bonds is 2. The van der Waals surface area contributed by atoms with Gasteiger partial charge in [0, 0.05) is 11.6 Å². The zero-order valence-corrected chi connectivity index (χ0v) is 18.8. The average Bonchev–Trinajstić information content (AvgIpc) is 3.38. The molecule has 0 unspecified atom stereocenters. The van der Waals surface area contributed by atoms with Gasteiger partial charge in [-0.3, -0.25) is 8.97 Å². The topological polar surface area (TPSA) is 108 Å². The van der Waals surface area contributed by atoms with E-state index in [-0.39, 0.29) is 17.3 Å². The SMILES string of the molecule is Cc1ccc(-n2c3nc(C#N)c(C#N)nc3c3c2nc(C(C)C)n2c4ccccc4nc32)cc1. The van der Waals surface area contributed by atoms with Crippen LogP contribution in [0.5, 0.6) is 0 Å². The van der Waals surface area contributed by atoms with E-state index in [1.54, 1.807) is 0 Å². The van der Waals surface area contributed by atoms with Crippen LogP contribution >= 0.6 is 0 Å². The van der Waals surface area contributed by atoms with Crippen LogP contribution in [0.25, 0.3) is 44.6 Å². The van der Waals surface area contributed by atoms with E-state index in [0.717, 1.165) is 28.1 Å². The van der Waals surface area contributed by atoms with Gasteiger partial charge in [-0.05, 0) is 31.2 Å². The number of nitrogens with zero attached hydrogens (tertiary/aromatic N) is 8. The molecule has 0 N–H and O–H groups in total. The summed E-state index contributed by atoms with van der Waals surface area (Å²) in [4.78, 5) is 19.2. The first kappa shape index (κ1) is 19.8. The number of hydrogen-bond donors (Lipinski definition) is 0. The van der Waals surface area contributed by atoms with Crippen molar-refractivity contribution in [2.45, 2.75) is 26.7 Å². The highest BCUT2D eigenvalue weighted by Crippen LogP contribution is 2.35. The molecule has 4 heterocycles. The number of benzene rings is 2. The maximum absolute atomic E-state index is 9.63. The molecule has 0 saturated heterocycles. The quantitative estimate of drug-likeness (QED) is 0.376. The summed E-state index contributed by atoms with van der Waals surface area (Å²) in [5.41, 5.74) is 6.05. The third-order valence-electron chi connectivity index (χ3n) is 6.02. The van der Waals surface area contributed by atoms with E-state index < -0.39 is 0 Å². The van der Waals surface area contributed by atoms with Crippen molar-refractivity contribution in [1.29, 1.82) is 10.5 Å². The summed E-state index contributed by atoms with van der Waals surface area (Å²) in [5, 5.41) is 20.0. The Kier molecular flexibility index (Phi) is 4.14. The first-order valence-electron chi connectivity index (χ1n) is 10.9. The number of aromatic nitrogens is 6. The first-order chi connectivity index (χ1) is 16.5. The summed E-state index contributed by atoms with van der Waals surface area (Å²) in [6.07, 6.45) is 0. The van der Waals surface area contributed by atoms with Crippen LogP contribution in [0.15, 0.2) is 48.5 Å². The highest BCUT2D eigenvalue weighted by molar-refractivity contribution is 6.12. The number of hydrogen-bond acceptors (Lipinski definition) is 6. The molecule has 0 spiro atoms. The Bertz CT molecular complexity index is 1860. The highest BCUT2D eigenvalue weighted by Gasteiger charge is 2.25. The van der Waals surface area contributed by atoms with Crippen LogP contribution in [0.4, 0.5) is 0 Å². The van der Waals surface area contributed by atoms with Crippen molar-refractivity contribution in [3.05, 3.63) is 71.3 Å². The molecule has 162 valence electrons. The minimum Gasteiger partial charge on any atom is -0.279 e. The Morgan fingerprint density at radius 3 is 2.21 bits per heavy atom. The highest BCUT2D eigenvalue weighted by atomic mass is 15.2. The summed E-state index contributed by atoms with van der Waals surface area (Å²) in [6.45, 7) is 6.22. The third kappa shape index (κ3) is 2.63. The summed E-state index contributed by atoms with van der Waals surface area (Å²) < 4.78 is 3.97. The van der Waals surface area contributed by atoms with Gasteiger partial charge in [-0.1, -0.05) is 43.7 Å². The molecule has 0 aliphatic carbocycles. The van der Waals surface area contributed by atoms with E-state index in [2.05, 4.69) is 28.2 Å². The Morgan fingerprint density at radius 1 is 0.794 bits per heavy atom. The Labute approximate surface area is 194 Å². The van der Waals surface area contributed by atoms with E-state index in [1.165, 1.54) is 0 Å².